The van der Waals surface area contributed by atoms with Crippen LogP contribution in [0, 0.1) is 0 Å². The first-order chi connectivity index (χ1) is 9.01. The summed E-state index contributed by atoms with van der Waals surface area (Å²) in [6.07, 6.45) is -0.376. The van der Waals surface area contributed by atoms with Gasteiger partial charge in [0.25, 0.3) is 0 Å². The Labute approximate surface area is 113 Å². The highest BCUT2D eigenvalue weighted by atomic mass is 32.1. The first-order valence-corrected chi connectivity index (χ1v) is 5.81. The van der Waals surface area contributed by atoms with Gasteiger partial charge < -0.3 is 19.4 Å². The molecule has 0 radical (unpaired) electrons. The molecule has 0 aliphatic heterocycles. The maximum Gasteiger partial charge on any atom is 0.304 e. The van der Waals surface area contributed by atoms with Gasteiger partial charge in [0.15, 0.2) is 10.6 Å². The van der Waals surface area contributed by atoms with Gasteiger partial charge in [0.2, 0.25) is 5.89 Å². The van der Waals surface area contributed by atoms with Crippen molar-refractivity contribution in [2.75, 3.05) is 7.11 Å². The summed E-state index contributed by atoms with van der Waals surface area (Å²) in [7, 11) is 1.52. The summed E-state index contributed by atoms with van der Waals surface area (Å²) in [6.45, 7) is 0. The molecule has 0 saturated carbocycles. The van der Waals surface area contributed by atoms with Crippen LogP contribution in [0.3, 0.4) is 0 Å². The number of carboxylic acids is 1. The van der Waals surface area contributed by atoms with Gasteiger partial charge in [-0.25, -0.2) is 4.98 Å². The summed E-state index contributed by atoms with van der Waals surface area (Å²) >= 11 is 4.64. The van der Waals surface area contributed by atoms with E-state index >= 15 is 0 Å². The van der Waals surface area contributed by atoms with Gasteiger partial charge in [-0.05, 0) is 24.4 Å². The van der Waals surface area contributed by atoms with Gasteiger partial charge in [0.05, 0.1) is 13.5 Å². The van der Waals surface area contributed by atoms with Crippen LogP contribution in [0.5, 0.6) is 5.75 Å². The van der Waals surface area contributed by atoms with Crippen LogP contribution in [0.4, 0.5) is 0 Å². The average Bonchev–Trinajstić information content (AvgIpc) is 2.77. The van der Waals surface area contributed by atoms with Crippen molar-refractivity contribution in [1.82, 2.24) is 4.98 Å². The van der Waals surface area contributed by atoms with Crippen LogP contribution in [0.15, 0.2) is 22.6 Å². The molecule has 1 heterocycles. The van der Waals surface area contributed by atoms with E-state index in [4.69, 9.17) is 14.3 Å². The number of aliphatic hydroxyl groups excluding tert-OH is 1. The van der Waals surface area contributed by atoms with Crippen LogP contribution in [-0.2, 0) is 4.79 Å². The number of nitrogens with zero attached hydrogens (tertiary/aromatic N) is 1. The highest BCUT2D eigenvalue weighted by Crippen LogP contribution is 2.27. The van der Waals surface area contributed by atoms with Crippen molar-refractivity contribution in [1.29, 1.82) is 0 Å². The molecule has 0 amide bonds. The van der Waals surface area contributed by atoms with Crippen LogP contribution < -0.4 is 4.74 Å². The summed E-state index contributed by atoms with van der Waals surface area (Å²) in [6, 6.07) is 5.02. The maximum absolute atomic E-state index is 10.7. The Morgan fingerprint density at radius 3 is 2.84 bits per heavy atom. The molecule has 1 atom stereocenters. The van der Waals surface area contributed by atoms with Crippen LogP contribution in [0.25, 0.3) is 11.1 Å². The van der Waals surface area contributed by atoms with E-state index in [1.807, 2.05) is 0 Å². The van der Waals surface area contributed by atoms with E-state index in [0.717, 1.165) is 0 Å². The summed E-state index contributed by atoms with van der Waals surface area (Å²) in [5, 5.41) is 17.7. The molecule has 1 unspecified atom stereocenters. The molecule has 0 fully saturated rings. The maximum atomic E-state index is 10.7. The molecule has 100 valence electrons. The van der Waals surface area contributed by atoms with Gasteiger partial charge in [0, 0.05) is 6.07 Å². The van der Waals surface area contributed by atoms with Gasteiger partial charge in [0.1, 0.15) is 17.2 Å². The van der Waals surface area contributed by atoms with Crippen molar-refractivity contribution in [3.05, 3.63) is 24.1 Å². The smallest absolute Gasteiger partial charge is 0.304 e. The molecular formula is C12H11NO5S. The lowest BCUT2D eigenvalue weighted by molar-refractivity contribution is -0.137. The Balaban J connectivity index is 2.42. The zero-order valence-electron chi connectivity index (χ0n) is 9.99. The summed E-state index contributed by atoms with van der Waals surface area (Å²) in [5.74, 6) is -1.36. The van der Waals surface area contributed by atoms with Gasteiger partial charge in [-0.2, -0.15) is 0 Å². The third-order valence-corrected chi connectivity index (χ3v) is 2.87. The topological polar surface area (TPSA) is 92.8 Å². The molecule has 2 N–H and O–H groups in total. The third kappa shape index (κ3) is 2.82. The summed E-state index contributed by atoms with van der Waals surface area (Å²) < 4.78 is 10.5. The Bertz CT molecular complexity index is 636. The number of rotatable bonds is 5. The average molecular weight is 281 g/mol. The van der Waals surface area contributed by atoms with Crippen molar-refractivity contribution < 1.29 is 24.2 Å². The predicted molar refractivity (Wildman–Crippen MR) is 70.8 cm³/mol. The Morgan fingerprint density at radius 1 is 1.53 bits per heavy atom. The molecule has 6 nitrogen and oxygen atoms in total. The molecule has 19 heavy (non-hydrogen) atoms. The zero-order chi connectivity index (χ0) is 14.0. The number of carbonyl (C=O) groups is 1. The van der Waals surface area contributed by atoms with E-state index in [-0.39, 0.29) is 12.3 Å². The summed E-state index contributed by atoms with van der Waals surface area (Å²) in [4.78, 5) is 14.9. The lowest BCUT2D eigenvalue weighted by Crippen LogP contribution is -2.14. The molecule has 1 aromatic carbocycles. The molecule has 0 saturated heterocycles. The second kappa shape index (κ2) is 5.23. The minimum Gasteiger partial charge on any atom is -0.501 e. The van der Waals surface area contributed by atoms with Crippen LogP contribution in [0.1, 0.15) is 18.2 Å². The van der Waals surface area contributed by atoms with Crippen molar-refractivity contribution >= 4 is 34.3 Å². The minimum atomic E-state index is -1.10. The Morgan fingerprint density at radius 2 is 2.26 bits per heavy atom. The minimum absolute atomic E-state index is 0.0816. The van der Waals surface area contributed by atoms with Gasteiger partial charge in [-0.15, -0.1) is 0 Å². The predicted octanol–water partition coefficient (Wildman–Crippen LogP) is 2.28. The SMILES string of the molecule is COc1ccc2nc(C(CC(=O)O)C(O)=S)oc2c1. The fourth-order valence-corrected chi connectivity index (χ4v) is 1.84. The highest BCUT2D eigenvalue weighted by Gasteiger charge is 2.25. The number of fused-ring (bicyclic) bond motifs is 1. The second-order valence-corrected chi connectivity index (χ2v) is 4.29. The van der Waals surface area contributed by atoms with Crippen LogP contribution in [0.2, 0.25) is 0 Å². The largest absolute Gasteiger partial charge is 0.501 e. The van der Waals surface area contributed by atoms with Crippen molar-refractivity contribution in [2.24, 2.45) is 0 Å². The lowest BCUT2D eigenvalue weighted by atomic mass is 10.1. The van der Waals surface area contributed by atoms with E-state index in [2.05, 4.69) is 17.2 Å². The van der Waals surface area contributed by atoms with Crippen molar-refractivity contribution in [3.8, 4) is 5.75 Å². The molecule has 0 aliphatic rings. The standard InChI is InChI=1S/C12H11NO5S/c1-17-6-2-3-8-9(4-6)18-11(13-8)7(12(16)19)5-10(14)15/h2-4,7H,5H2,1H3,(H,14,15)(H,16,19). The lowest BCUT2D eigenvalue weighted by Gasteiger charge is -2.06. The van der Waals surface area contributed by atoms with E-state index in [0.29, 0.717) is 16.8 Å². The van der Waals surface area contributed by atoms with Crippen molar-refractivity contribution in [3.63, 3.8) is 0 Å². The number of benzene rings is 1. The Kier molecular flexibility index (Phi) is 3.66. The molecule has 2 aromatic rings. The molecule has 2 rings (SSSR count). The van der Waals surface area contributed by atoms with Crippen molar-refractivity contribution in [2.45, 2.75) is 12.3 Å². The van der Waals surface area contributed by atoms with E-state index < -0.39 is 16.9 Å². The number of hydrogen-bond acceptors (Lipinski definition) is 5. The first-order valence-electron chi connectivity index (χ1n) is 5.40. The Hall–Kier alpha value is -2.15. The van der Waals surface area contributed by atoms with Crippen LogP contribution >= 0.6 is 12.2 Å². The number of methoxy groups -OCH3 is 1. The normalized spacial score (nSPS) is 12.3. The third-order valence-electron chi connectivity index (χ3n) is 2.59. The van der Waals surface area contributed by atoms with E-state index in [1.165, 1.54) is 7.11 Å². The molecule has 7 heteroatoms. The number of thiocarbonyl (C=S) groups is 1. The fraction of sp³-hybridized carbons (Fsp3) is 0.250. The van der Waals surface area contributed by atoms with Gasteiger partial charge >= 0.3 is 5.97 Å². The highest BCUT2D eigenvalue weighted by molar-refractivity contribution is 7.80. The number of oxazole rings is 1. The molecular weight excluding hydrogens is 270 g/mol. The van der Waals surface area contributed by atoms with E-state index in [1.54, 1.807) is 18.2 Å². The molecule has 0 bridgehead atoms. The number of hydrogen-bond donors (Lipinski definition) is 2. The van der Waals surface area contributed by atoms with Gasteiger partial charge in [-0.1, -0.05) is 0 Å². The molecule has 1 aromatic heterocycles. The number of aliphatic carboxylic acids is 1. The molecule has 0 aliphatic carbocycles. The van der Waals surface area contributed by atoms with E-state index in [9.17, 15) is 9.90 Å². The van der Waals surface area contributed by atoms with Gasteiger partial charge in [-0.3, -0.25) is 4.79 Å². The number of aliphatic hydroxyl groups is 1. The fourth-order valence-electron chi connectivity index (χ4n) is 1.65. The number of carboxylic acid groups (broad SMARTS) is 1. The zero-order valence-corrected chi connectivity index (χ0v) is 10.8. The van der Waals surface area contributed by atoms with Crippen LogP contribution in [-0.4, -0.2) is 33.3 Å². The summed E-state index contributed by atoms with van der Waals surface area (Å²) in [5.41, 5.74) is 0.989. The first kappa shape index (κ1) is 13.3. The number of aromatic nitrogens is 1. The number of ether oxygens (including phenoxy) is 1. The quantitative estimate of drug-likeness (QED) is 0.812. The monoisotopic (exact) mass is 281 g/mol. The molecule has 0 spiro atoms. The second-order valence-electron chi connectivity index (χ2n) is 3.87.